The molecule has 5 heteroatoms. The van der Waals surface area contributed by atoms with E-state index in [2.05, 4.69) is 0 Å². The molecule has 106 valence electrons. The van der Waals surface area contributed by atoms with E-state index >= 15 is 0 Å². The monoisotopic (exact) mass is 314 g/mol. The van der Waals surface area contributed by atoms with Gasteiger partial charge < -0.3 is 9.47 Å². The van der Waals surface area contributed by atoms with Crippen molar-refractivity contribution in [2.24, 2.45) is 0 Å². The van der Waals surface area contributed by atoms with Crippen molar-refractivity contribution in [1.29, 1.82) is 0 Å². The predicted octanol–water partition coefficient (Wildman–Crippen LogP) is 4.82. The van der Waals surface area contributed by atoms with Gasteiger partial charge in [0.05, 0.1) is 24.6 Å². The summed E-state index contributed by atoms with van der Waals surface area (Å²) in [6.45, 7) is 0. The molecular weight excluding hydrogens is 302 g/mol. The fourth-order valence-electron chi connectivity index (χ4n) is 1.87. The molecular formula is C15H13Cl2FO2. The summed E-state index contributed by atoms with van der Waals surface area (Å²) in [4.78, 5) is 0. The van der Waals surface area contributed by atoms with Crippen LogP contribution in [0.4, 0.5) is 4.39 Å². The highest BCUT2D eigenvalue weighted by atomic mass is 35.5. The molecule has 0 fully saturated rings. The van der Waals surface area contributed by atoms with Crippen molar-refractivity contribution < 1.29 is 13.9 Å². The number of rotatable bonds is 4. The molecule has 0 saturated carbocycles. The van der Waals surface area contributed by atoms with Crippen molar-refractivity contribution in [1.82, 2.24) is 0 Å². The van der Waals surface area contributed by atoms with Crippen molar-refractivity contribution in [3.63, 3.8) is 0 Å². The summed E-state index contributed by atoms with van der Waals surface area (Å²) in [6, 6.07) is 9.81. The van der Waals surface area contributed by atoms with Gasteiger partial charge in [0.2, 0.25) is 0 Å². The Morgan fingerprint density at radius 1 is 0.950 bits per heavy atom. The summed E-state index contributed by atoms with van der Waals surface area (Å²) in [5.74, 6) is 0.316. The van der Waals surface area contributed by atoms with Crippen molar-refractivity contribution in [3.8, 4) is 11.5 Å². The fourth-order valence-corrected chi connectivity index (χ4v) is 2.40. The molecule has 0 bridgehead atoms. The van der Waals surface area contributed by atoms with E-state index in [1.165, 1.54) is 13.2 Å². The van der Waals surface area contributed by atoms with E-state index in [1.807, 2.05) is 6.07 Å². The second kappa shape index (κ2) is 6.33. The minimum absolute atomic E-state index is 0.160. The van der Waals surface area contributed by atoms with Crippen LogP contribution >= 0.6 is 23.2 Å². The molecule has 0 radical (unpaired) electrons. The van der Waals surface area contributed by atoms with Crippen molar-refractivity contribution in [3.05, 3.63) is 58.4 Å². The lowest BCUT2D eigenvalue weighted by atomic mass is 10.0. The summed E-state index contributed by atoms with van der Waals surface area (Å²) in [5.41, 5.74) is 1.53. The lowest BCUT2D eigenvalue weighted by molar-refractivity contribution is 0.386. The second-order valence-corrected chi connectivity index (χ2v) is 4.99. The first-order chi connectivity index (χ1) is 9.56. The third kappa shape index (κ3) is 3.00. The topological polar surface area (TPSA) is 18.5 Å². The van der Waals surface area contributed by atoms with E-state index in [9.17, 15) is 4.39 Å². The highest BCUT2D eigenvalue weighted by molar-refractivity contribution is 6.32. The van der Waals surface area contributed by atoms with Crippen LogP contribution in [0.1, 0.15) is 16.5 Å². The Morgan fingerprint density at radius 2 is 1.55 bits per heavy atom. The molecule has 2 rings (SSSR count). The minimum atomic E-state index is -0.451. The van der Waals surface area contributed by atoms with Gasteiger partial charge in [-0.1, -0.05) is 23.7 Å². The highest BCUT2D eigenvalue weighted by Crippen LogP contribution is 2.35. The maximum atomic E-state index is 13.4. The van der Waals surface area contributed by atoms with Gasteiger partial charge in [-0.05, 0) is 35.4 Å². The zero-order chi connectivity index (χ0) is 14.7. The van der Waals surface area contributed by atoms with E-state index in [1.54, 1.807) is 31.4 Å². The van der Waals surface area contributed by atoms with Crippen LogP contribution in [-0.4, -0.2) is 14.2 Å². The van der Waals surface area contributed by atoms with Gasteiger partial charge in [-0.25, -0.2) is 4.39 Å². The standard InChI is InChI=1S/C15H13Cl2FO2/c1-19-13-6-4-9(7-11(13)16)15(17)10-3-5-12(18)14(8-10)20-2/h3-8,15H,1-2H3. The number of ether oxygens (including phenoxy) is 2. The van der Waals surface area contributed by atoms with Crippen LogP contribution in [0.3, 0.4) is 0 Å². The smallest absolute Gasteiger partial charge is 0.165 e. The first kappa shape index (κ1) is 14.9. The molecule has 1 unspecified atom stereocenters. The van der Waals surface area contributed by atoms with E-state index in [-0.39, 0.29) is 5.75 Å². The quantitative estimate of drug-likeness (QED) is 0.753. The number of methoxy groups -OCH3 is 2. The summed E-state index contributed by atoms with van der Waals surface area (Å²) >= 11 is 12.5. The molecule has 2 aromatic carbocycles. The molecule has 0 aromatic heterocycles. The van der Waals surface area contributed by atoms with E-state index in [0.717, 1.165) is 11.1 Å². The maximum Gasteiger partial charge on any atom is 0.165 e. The van der Waals surface area contributed by atoms with Crippen LogP contribution in [0.15, 0.2) is 36.4 Å². The number of hydrogen-bond acceptors (Lipinski definition) is 2. The molecule has 0 aliphatic heterocycles. The first-order valence-corrected chi connectivity index (χ1v) is 6.69. The highest BCUT2D eigenvalue weighted by Gasteiger charge is 2.15. The van der Waals surface area contributed by atoms with Crippen molar-refractivity contribution in [2.75, 3.05) is 14.2 Å². The van der Waals surface area contributed by atoms with E-state index in [0.29, 0.717) is 10.8 Å². The molecule has 0 amide bonds. The normalized spacial score (nSPS) is 12.1. The zero-order valence-corrected chi connectivity index (χ0v) is 12.5. The van der Waals surface area contributed by atoms with Crippen LogP contribution < -0.4 is 9.47 Å². The van der Waals surface area contributed by atoms with Crippen LogP contribution in [0, 0.1) is 5.82 Å². The Morgan fingerprint density at radius 3 is 2.15 bits per heavy atom. The molecule has 0 heterocycles. The van der Waals surface area contributed by atoms with Gasteiger partial charge in [-0.2, -0.15) is 0 Å². The average molecular weight is 315 g/mol. The van der Waals surface area contributed by atoms with Gasteiger partial charge in [0.1, 0.15) is 5.75 Å². The third-order valence-electron chi connectivity index (χ3n) is 2.94. The van der Waals surface area contributed by atoms with Crippen molar-refractivity contribution >= 4 is 23.2 Å². The number of alkyl halides is 1. The maximum absolute atomic E-state index is 13.4. The molecule has 0 spiro atoms. The lowest BCUT2D eigenvalue weighted by Gasteiger charge is -2.13. The van der Waals surface area contributed by atoms with Gasteiger partial charge in [0.25, 0.3) is 0 Å². The van der Waals surface area contributed by atoms with Crippen LogP contribution in [0.5, 0.6) is 11.5 Å². The van der Waals surface area contributed by atoms with Gasteiger partial charge >= 0.3 is 0 Å². The largest absolute Gasteiger partial charge is 0.495 e. The first-order valence-electron chi connectivity index (χ1n) is 5.87. The van der Waals surface area contributed by atoms with E-state index in [4.69, 9.17) is 32.7 Å². The molecule has 0 N–H and O–H groups in total. The summed E-state index contributed by atoms with van der Waals surface area (Å²) < 4.78 is 23.4. The van der Waals surface area contributed by atoms with E-state index < -0.39 is 11.2 Å². The molecule has 1 atom stereocenters. The minimum Gasteiger partial charge on any atom is -0.495 e. The Hall–Kier alpha value is -1.45. The second-order valence-electron chi connectivity index (χ2n) is 4.15. The Kier molecular flexibility index (Phi) is 4.73. The molecule has 0 saturated heterocycles. The van der Waals surface area contributed by atoms with Crippen LogP contribution in [0.2, 0.25) is 5.02 Å². The molecule has 20 heavy (non-hydrogen) atoms. The van der Waals surface area contributed by atoms with Gasteiger partial charge in [0.15, 0.2) is 11.6 Å². The fraction of sp³-hybridized carbons (Fsp3) is 0.200. The van der Waals surface area contributed by atoms with Gasteiger partial charge in [-0.15, -0.1) is 11.6 Å². The Bertz CT molecular complexity index is 617. The molecule has 0 aliphatic rings. The lowest BCUT2D eigenvalue weighted by Crippen LogP contribution is -1.97. The van der Waals surface area contributed by atoms with Gasteiger partial charge in [0, 0.05) is 0 Å². The van der Waals surface area contributed by atoms with Gasteiger partial charge in [-0.3, -0.25) is 0 Å². The van der Waals surface area contributed by atoms with Crippen LogP contribution in [-0.2, 0) is 0 Å². The number of benzene rings is 2. The number of hydrogen-bond donors (Lipinski definition) is 0. The molecule has 0 aliphatic carbocycles. The SMILES string of the molecule is COc1cc(C(Cl)c2ccc(OC)c(Cl)c2)ccc1F. The molecule has 2 nitrogen and oxygen atoms in total. The Labute approximate surface area is 127 Å². The summed E-state index contributed by atoms with van der Waals surface area (Å²) in [7, 11) is 2.96. The zero-order valence-electron chi connectivity index (χ0n) is 11.0. The summed E-state index contributed by atoms with van der Waals surface area (Å²) in [5, 5.41) is 0.0256. The van der Waals surface area contributed by atoms with Crippen LogP contribution in [0.25, 0.3) is 0 Å². The average Bonchev–Trinajstić information content (AvgIpc) is 2.47. The van der Waals surface area contributed by atoms with Crippen molar-refractivity contribution in [2.45, 2.75) is 5.38 Å². The Balaban J connectivity index is 2.35. The summed E-state index contributed by atoms with van der Waals surface area (Å²) in [6.07, 6.45) is 0. The predicted molar refractivity (Wildman–Crippen MR) is 78.7 cm³/mol. The molecule has 2 aromatic rings. The number of halogens is 3. The third-order valence-corrected chi connectivity index (χ3v) is 3.74.